The fourth-order valence-electron chi connectivity index (χ4n) is 2.82. The number of nitrogens with zero attached hydrogens (tertiary/aromatic N) is 1. The predicted octanol–water partition coefficient (Wildman–Crippen LogP) is 4.38. The van der Waals surface area contributed by atoms with Gasteiger partial charge in [-0.25, -0.2) is 0 Å². The summed E-state index contributed by atoms with van der Waals surface area (Å²) in [6.07, 6.45) is 2.28. The maximum Gasteiger partial charge on any atom is 0.134 e. The molecule has 0 aliphatic carbocycles. The predicted molar refractivity (Wildman–Crippen MR) is 102 cm³/mol. The van der Waals surface area contributed by atoms with Gasteiger partial charge in [0.2, 0.25) is 0 Å². The van der Waals surface area contributed by atoms with Crippen molar-refractivity contribution >= 4 is 40.7 Å². The van der Waals surface area contributed by atoms with Crippen LogP contribution in [-0.2, 0) is 0 Å². The van der Waals surface area contributed by atoms with Crippen LogP contribution in [-0.4, -0.2) is 36.2 Å². The lowest BCUT2D eigenvalue weighted by molar-refractivity contribution is 0.157. The minimum Gasteiger partial charge on any atom is -0.506 e. The van der Waals surface area contributed by atoms with Crippen LogP contribution < -0.4 is 5.32 Å². The molecule has 1 aliphatic rings. The molecule has 22 heavy (non-hydrogen) atoms. The molecule has 1 aromatic carbocycles. The molecule has 0 saturated carbocycles. The van der Waals surface area contributed by atoms with E-state index in [2.05, 4.69) is 46.1 Å². The number of phenols is 1. The first-order chi connectivity index (χ1) is 9.59. The third kappa shape index (κ3) is 5.89. The minimum atomic E-state index is 0. The topological polar surface area (TPSA) is 35.5 Å². The van der Waals surface area contributed by atoms with Crippen LogP contribution in [0.15, 0.2) is 22.7 Å². The fraction of sp³-hybridized carbons (Fsp3) is 0.625. The lowest BCUT2D eigenvalue weighted by Crippen LogP contribution is -2.45. The van der Waals surface area contributed by atoms with E-state index in [0.717, 1.165) is 42.6 Å². The minimum absolute atomic E-state index is 0. The molecule has 3 nitrogen and oxygen atoms in total. The highest BCUT2D eigenvalue weighted by molar-refractivity contribution is 9.10. The van der Waals surface area contributed by atoms with Crippen molar-refractivity contribution in [1.82, 2.24) is 10.2 Å². The normalized spacial score (nSPS) is 16.7. The van der Waals surface area contributed by atoms with Crippen molar-refractivity contribution in [1.29, 1.82) is 0 Å². The van der Waals surface area contributed by atoms with Gasteiger partial charge < -0.3 is 10.4 Å². The van der Waals surface area contributed by atoms with Crippen molar-refractivity contribution in [2.45, 2.75) is 32.7 Å². The molecule has 1 atom stereocenters. The molecule has 0 amide bonds. The number of piperazine rings is 1. The molecule has 1 heterocycles. The molecule has 0 aromatic heterocycles. The van der Waals surface area contributed by atoms with Crippen molar-refractivity contribution < 1.29 is 5.11 Å². The molecular weight excluding hydrogens is 387 g/mol. The third-order valence-corrected chi connectivity index (χ3v) is 4.63. The van der Waals surface area contributed by atoms with E-state index < -0.39 is 0 Å². The zero-order chi connectivity index (χ0) is 14.5. The SMILES string of the molecule is CC(C)CC[C@H](c1cccc(Br)c1O)N1CCNCC1.Cl.Cl. The van der Waals surface area contributed by atoms with Gasteiger partial charge >= 0.3 is 0 Å². The number of hydrogen-bond acceptors (Lipinski definition) is 3. The summed E-state index contributed by atoms with van der Waals surface area (Å²) < 4.78 is 0.791. The van der Waals surface area contributed by atoms with Gasteiger partial charge in [0.25, 0.3) is 0 Å². The van der Waals surface area contributed by atoms with Crippen molar-refractivity contribution in [3.63, 3.8) is 0 Å². The van der Waals surface area contributed by atoms with E-state index in [1.165, 1.54) is 6.42 Å². The molecule has 2 rings (SSSR count). The summed E-state index contributed by atoms with van der Waals surface area (Å²) in [5.74, 6) is 1.09. The first-order valence-corrected chi connectivity index (χ1v) is 8.31. The maximum atomic E-state index is 10.4. The van der Waals surface area contributed by atoms with Gasteiger partial charge in [0.15, 0.2) is 0 Å². The fourth-order valence-corrected chi connectivity index (χ4v) is 3.20. The maximum absolute atomic E-state index is 10.4. The van der Waals surface area contributed by atoms with Crippen LogP contribution in [0.25, 0.3) is 0 Å². The molecule has 0 bridgehead atoms. The van der Waals surface area contributed by atoms with Gasteiger partial charge in [-0.1, -0.05) is 26.0 Å². The van der Waals surface area contributed by atoms with Crippen LogP contribution >= 0.6 is 40.7 Å². The van der Waals surface area contributed by atoms with E-state index in [1.807, 2.05) is 12.1 Å². The standard InChI is InChI=1S/C16H25BrN2O.2ClH/c1-12(2)6-7-15(19-10-8-18-9-11-19)13-4-3-5-14(17)16(13)20;;/h3-5,12,15,18,20H,6-11H2,1-2H3;2*1H/t15-;;/m1../s1. The van der Waals surface area contributed by atoms with Crippen LogP contribution in [0.5, 0.6) is 5.75 Å². The number of halogens is 3. The lowest BCUT2D eigenvalue weighted by atomic mass is 9.95. The molecule has 1 aromatic rings. The molecule has 128 valence electrons. The number of phenolic OH excluding ortho intramolecular Hbond substituents is 1. The highest BCUT2D eigenvalue weighted by Gasteiger charge is 2.25. The Balaban J connectivity index is 0.00000220. The van der Waals surface area contributed by atoms with Gasteiger partial charge in [-0.15, -0.1) is 24.8 Å². The Morgan fingerprint density at radius 1 is 1.18 bits per heavy atom. The number of nitrogens with one attached hydrogen (secondary N) is 1. The van der Waals surface area contributed by atoms with Crippen LogP contribution in [0, 0.1) is 5.92 Å². The number of benzene rings is 1. The number of hydrogen-bond donors (Lipinski definition) is 2. The number of aromatic hydroxyl groups is 1. The molecule has 2 N–H and O–H groups in total. The first kappa shape index (κ1) is 22.0. The molecule has 0 unspecified atom stereocenters. The van der Waals surface area contributed by atoms with Gasteiger partial charge in [-0.2, -0.15) is 0 Å². The number of para-hydroxylation sites is 1. The van der Waals surface area contributed by atoms with Crippen LogP contribution in [0.3, 0.4) is 0 Å². The Morgan fingerprint density at radius 2 is 1.82 bits per heavy atom. The van der Waals surface area contributed by atoms with Crippen molar-refractivity contribution in [3.8, 4) is 5.75 Å². The third-order valence-electron chi connectivity index (χ3n) is 3.99. The van der Waals surface area contributed by atoms with Gasteiger partial charge in [-0.05, 0) is 40.8 Å². The molecule has 1 fully saturated rings. The second-order valence-electron chi connectivity index (χ2n) is 5.95. The highest BCUT2D eigenvalue weighted by Crippen LogP contribution is 2.37. The van der Waals surface area contributed by atoms with E-state index >= 15 is 0 Å². The molecular formula is C16H27BrCl2N2O. The van der Waals surface area contributed by atoms with Crippen molar-refractivity contribution in [3.05, 3.63) is 28.2 Å². The first-order valence-electron chi connectivity index (χ1n) is 7.51. The Bertz CT molecular complexity index is 440. The largest absolute Gasteiger partial charge is 0.506 e. The smallest absolute Gasteiger partial charge is 0.134 e. The van der Waals surface area contributed by atoms with E-state index in [0.29, 0.717) is 17.7 Å². The summed E-state index contributed by atoms with van der Waals surface area (Å²) in [4.78, 5) is 2.50. The molecule has 1 saturated heterocycles. The molecule has 0 spiro atoms. The van der Waals surface area contributed by atoms with Crippen LogP contribution in [0.1, 0.15) is 38.3 Å². The number of rotatable bonds is 5. The lowest BCUT2D eigenvalue weighted by Gasteiger charge is -2.36. The zero-order valence-electron chi connectivity index (χ0n) is 13.2. The molecule has 1 aliphatic heterocycles. The zero-order valence-corrected chi connectivity index (χ0v) is 16.4. The van der Waals surface area contributed by atoms with Crippen LogP contribution in [0.2, 0.25) is 0 Å². The van der Waals surface area contributed by atoms with Crippen LogP contribution in [0.4, 0.5) is 0 Å². The Morgan fingerprint density at radius 3 is 2.41 bits per heavy atom. The van der Waals surface area contributed by atoms with Gasteiger partial charge in [0.1, 0.15) is 5.75 Å². The summed E-state index contributed by atoms with van der Waals surface area (Å²) >= 11 is 3.44. The average Bonchev–Trinajstić information content (AvgIpc) is 2.44. The Labute approximate surface area is 154 Å². The quantitative estimate of drug-likeness (QED) is 0.751. The summed E-state index contributed by atoms with van der Waals surface area (Å²) in [6.45, 7) is 8.69. The van der Waals surface area contributed by atoms with Gasteiger partial charge in [-0.3, -0.25) is 4.90 Å². The van der Waals surface area contributed by atoms with Gasteiger partial charge in [0.05, 0.1) is 4.47 Å². The summed E-state index contributed by atoms with van der Waals surface area (Å²) in [5, 5.41) is 13.8. The van der Waals surface area contributed by atoms with Gasteiger partial charge in [0, 0.05) is 37.8 Å². The van der Waals surface area contributed by atoms with Crippen molar-refractivity contribution in [2.24, 2.45) is 5.92 Å². The molecule has 0 radical (unpaired) electrons. The van der Waals surface area contributed by atoms with Crippen molar-refractivity contribution in [2.75, 3.05) is 26.2 Å². The summed E-state index contributed by atoms with van der Waals surface area (Å²) in [7, 11) is 0. The summed E-state index contributed by atoms with van der Waals surface area (Å²) in [6, 6.07) is 6.30. The average molecular weight is 414 g/mol. The Kier molecular flexibility index (Phi) is 10.7. The second kappa shape index (κ2) is 10.7. The van der Waals surface area contributed by atoms with E-state index in [1.54, 1.807) is 0 Å². The molecule has 6 heteroatoms. The monoisotopic (exact) mass is 412 g/mol. The summed E-state index contributed by atoms with van der Waals surface area (Å²) in [5.41, 5.74) is 1.06. The second-order valence-corrected chi connectivity index (χ2v) is 6.80. The highest BCUT2D eigenvalue weighted by atomic mass is 79.9. The van der Waals surface area contributed by atoms with E-state index in [4.69, 9.17) is 0 Å². The van der Waals surface area contributed by atoms with E-state index in [-0.39, 0.29) is 24.8 Å². The van der Waals surface area contributed by atoms with E-state index in [9.17, 15) is 5.11 Å². The Hall–Kier alpha value is -0.000000000000000111.